The van der Waals surface area contributed by atoms with E-state index in [1.54, 1.807) is 6.07 Å². The third kappa shape index (κ3) is 5.21. The molecule has 27 heavy (non-hydrogen) atoms. The Morgan fingerprint density at radius 3 is 2.30 bits per heavy atom. The summed E-state index contributed by atoms with van der Waals surface area (Å²) >= 11 is 0. The lowest BCUT2D eigenvalue weighted by Gasteiger charge is -2.34. The van der Waals surface area contributed by atoms with Gasteiger partial charge in [-0.2, -0.15) is 0 Å². The average molecular weight is 367 g/mol. The fourth-order valence-electron chi connectivity index (χ4n) is 4.89. The normalized spacial score (nSPS) is 22.7. The van der Waals surface area contributed by atoms with Crippen molar-refractivity contribution in [1.29, 1.82) is 0 Å². The number of rotatable bonds is 7. The van der Waals surface area contributed by atoms with Crippen LogP contribution in [0.25, 0.3) is 11.1 Å². The predicted octanol–water partition coefficient (Wildman–Crippen LogP) is 7.84. The largest absolute Gasteiger partial charge is 0.206 e. The Morgan fingerprint density at radius 1 is 0.926 bits per heavy atom. The highest BCUT2D eigenvalue weighted by Gasteiger charge is 2.26. The molecule has 3 rings (SSSR count). The van der Waals surface area contributed by atoms with Crippen LogP contribution in [0.2, 0.25) is 0 Å². The average Bonchev–Trinajstić information content (AvgIpc) is 2.68. The van der Waals surface area contributed by atoms with Gasteiger partial charge in [0, 0.05) is 5.56 Å². The van der Waals surface area contributed by atoms with Crippen LogP contribution in [0, 0.1) is 23.6 Å². The van der Waals surface area contributed by atoms with Crippen LogP contribution in [0.1, 0.15) is 70.4 Å². The van der Waals surface area contributed by atoms with Gasteiger partial charge < -0.3 is 0 Å². The van der Waals surface area contributed by atoms with Crippen LogP contribution in [0.4, 0.5) is 4.39 Å². The Hall–Kier alpha value is -1.63. The molecule has 0 radical (unpaired) electrons. The number of benzene rings is 2. The molecule has 2 aromatic rings. The van der Waals surface area contributed by atoms with Crippen LogP contribution in [0.15, 0.2) is 42.5 Å². The lowest BCUT2D eigenvalue weighted by Crippen LogP contribution is -2.23. The zero-order valence-electron chi connectivity index (χ0n) is 17.3. The van der Waals surface area contributed by atoms with Crippen molar-refractivity contribution in [1.82, 2.24) is 0 Å². The van der Waals surface area contributed by atoms with Crippen LogP contribution in [0.5, 0.6) is 0 Å². The maximum Gasteiger partial charge on any atom is 0.131 e. The number of aryl methyl sites for hydroxylation is 2. The van der Waals surface area contributed by atoms with Crippen LogP contribution < -0.4 is 0 Å². The summed E-state index contributed by atoms with van der Waals surface area (Å²) in [5.41, 5.74) is 4.12. The molecule has 0 heterocycles. The summed E-state index contributed by atoms with van der Waals surface area (Å²) in [7, 11) is 0. The smallest absolute Gasteiger partial charge is 0.131 e. The monoisotopic (exact) mass is 366 g/mol. The first-order valence-electron chi connectivity index (χ1n) is 11.0. The second-order valence-electron chi connectivity index (χ2n) is 8.61. The first kappa shape index (κ1) is 20.1. The third-order valence-electron chi connectivity index (χ3n) is 6.66. The van der Waals surface area contributed by atoms with E-state index in [-0.39, 0.29) is 5.82 Å². The van der Waals surface area contributed by atoms with Crippen LogP contribution in [0.3, 0.4) is 0 Å². The van der Waals surface area contributed by atoms with E-state index >= 15 is 0 Å². The molecule has 146 valence electrons. The van der Waals surface area contributed by atoms with Crippen LogP contribution in [-0.2, 0) is 12.8 Å². The van der Waals surface area contributed by atoms with Gasteiger partial charge in [-0.1, -0.05) is 76.4 Å². The summed E-state index contributed by atoms with van der Waals surface area (Å²) in [5.74, 6) is 2.59. The first-order chi connectivity index (χ1) is 13.1. The number of hydrogen-bond acceptors (Lipinski definition) is 0. The molecule has 2 aromatic carbocycles. The highest BCUT2D eigenvalue weighted by Crippen LogP contribution is 2.38. The Morgan fingerprint density at radius 2 is 1.67 bits per heavy atom. The molecule has 1 aliphatic rings. The highest BCUT2D eigenvalue weighted by molar-refractivity contribution is 5.64. The molecule has 3 unspecified atom stereocenters. The molecule has 0 saturated heterocycles. The van der Waals surface area contributed by atoms with Crippen molar-refractivity contribution in [2.75, 3.05) is 0 Å². The highest BCUT2D eigenvalue weighted by atomic mass is 19.1. The molecule has 0 aliphatic heterocycles. The summed E-state index contributed by atoms with van der Waals surface area (Å²) < 4.78 is 14.3. The van der Waals surface area contributed by atoms with Gasteiger partial charge in [-0.3, -0.25) is 0 Å². The van der Waals surface area contributed by atoms with Crippen LogP contribution in [-0.4, -0.2) is 0 Å². The Balaban J connectivity index is 1.57. The zero-order chi connectivity index (χ0) is 19.2. The van der Waals surface area contributed by atoms with E-state index in [9.17, 15) is 4.39 Å². The molecular weight excluding hydrogens is 331 g/mol. The maximum atomic E-state index is 14.3. The molecule has 0 amide bonds. The second-order valence-corrected chi connectivity index (χ2v) is 8.61. The molecule has 0 nitrogen and oxygen atoms in total. The molecule has 1 fully saturated rings. The summed E-state index contributed by atoms with van der Waals surface area (Å²) in [6, 6.07) is 14.2. The van der Waals surface area contributed by atoms with Crippen molar-refractivity contribution in [2.45, 2.75) is 72.1 Å². The van der Waals surface area contributed by atoms with Gasteiger partial charge in [0.25, 0.3) is 0 Å². The minimum absolute atomic E-state index is 0.111. The molecule has 1 saturated carbocycles. The summed E-state index contributed by atoms with van der Waals surface area (Å²) in [6.07, 6.45) is 10.3. The van der Waals surface area contributed by atoms with Gasteiger partial charge >= 0.3 is 0 Å². The summed E-state index contributed by atoms with van der Waals surface area (Å²) in [5, 5.41) is 0. The molecule has 1 heteroatoms. The SMILES string of the molecule is CCCC1CCC(CCc2ccc(-c3ccc(CC)cc3F)cc2)C(C)C1. The van der Waals surface area contributed by atoms with Gasteiger partial charge in [0.1, 0.15) is 5.82 Å². The fraction of sp³-hybridized carbons (Fsp3) is 0.538. The quantitative estimate of drug-likeness (QED) is 0.468. The molecule has 3 atom stereocenters. The summed E-state index contributed by atoms with van der Waals surface area (Å²) in [6.45, 7) is 6.82. The topological polar surface area (TPSA) is 0 Å². The lowest BCUT2D eigenvalue weighted by molar-refractivity contribution is 0.177. The minimum Gasteiger partial charge on any atom is -0.206 e. The van der Waals surface area contributed by atoms with Crippen molar-refractivity contribution in [3.63, 3.8) is 0 Å². The molecule has 0 N–H and O–H groups in total. The molecule has 0 spiro atoms. The Bertz CT molecular complexity index is 715. The van der Waals surface area contributed by atoms with Gasteiger partial charge in [-0.25, -0.2) is 4.39 Å². The van der Waals surface area contributed by atoms with E-state index in [0.29, 0.717) is 5.56 Å². The predicted molar refractivity (Wildman–Crippen MR) is 114 cm³/mol. The lowest BCUT2D eigenvalue weighted by atomic mass is 9.72. The van der Waals surface area contributed by atoms with Gasteiger partial charge in [0.2, 0.25) is 0 Å². The molecule has 1 aliphatic carbocycles. The number of hydrogen-bond donors (Lipinski definition) is 0. The van der Waals surface area contributed by atoms with Crippen LogP contribution >= 0.6 is 0 Å². The Kier molecular flexibility index (Phi) is 7.10. The van der Waals surface area contributed by atoms with Gasteiger partial charge in [-0.15, -0.1) is 0 Å². The van der Waals surface area contributed by atoms with E-state index in [1.807, 2.05) is 12.1 Å². The van der Waals surface area contributed by atoms with E-state index in [0.717, 1.165) is 41.7 Å². The van der Waals surface area contributed by atoms with Crippen molar-refractivity contribution < 1.29 is 4.39 Å². The van der Waals surface area contributed by atoms with Gasteiger partial charge in [0.15, 0.2) is 0 Å². The fourth-order valence-corrected chi connectivity index (χ4v) is 4.89. The second kappa shape index (κ2) is 9.53. The summed E-state index contributed by atoms with van der Waals surface area (Å²) in [4.78, 5) is 0. The minimum atomic E-state index is -0.111. The van der Waals surface area contributed by atoms with Gasteiger partial charge in [0.05, 0.1) is 0 Å². The van der Waals surface area contributed by atoms with E-state index in [1.165, 1.54) is 44.1 Å². The van der Waals surface area contributed by atoms with E-state index < -0.39 is 0 Å². The van der Waals surface area contributed by atoms with E-state index in [2.05, 4.69) is 45.0 Å². The van der Waals surface area contributed by atoms with Crippen molar-refractivity contribution in [3.8, 4) is 11.1 Å². The van der Waals surface area contributed by atoms with E-state index in [4.69, 9.17) is 0 Å². The zero-order valence-corrected chi connectivity index (χ0v) is 17.3. The molecule has 0 aromatic heterocycles. The third-order valence-corrected chi connectivity index (χ3v) is 6.66. The van der Waals surface area contributed by atoms with Crippen molar-refractivity contribution in [2.24, 2.45) is 17.8 Å². The number of halogens is 1. The first-order valence-corrected chi connectivity index (χ1v) is 11.0. The maximum absolute atomic E-state index is 14.3. The standard InChI is InChI=1S/C26H35F/c1-4-6-22-10-13-23(19(3)17-22)12-7-21-8-14-24(15-9-21)25-16-11-20(5-2)18-26(25)27/h8-9,11,14-16,18-19,22-23H,4-7,10,12-13,17H2,1-3H3. The Labute approximate surface area is 165 Å². The molecular formula is C26H35F. The van der Waals surface area contributed by atoms with Crippen molar-refractivity contribution in [3.05, 3.63) is 59.4 Å². The van der Waals surface area contributed by atoms with Crippen molar-refractivity contribution >= 4 is 0 Å². The molecule has 0 bridgehead atoms. The van der Waals surface area contributed by atoms with Gasteiger partial charge in [-0.05, 0) is 72.6 Å².